The van der Waals surface area contributed by atoms with Crippen molar-refractivity contribution < 1.29 is 23.1 Å². The number of hydrogen-bond donors (Lipinski definition) is 3. The standard InChI is InChI=1S/C16H20N2O5S/c1-4-9-17-24(22,23)13-8-6-7-12(10-13)15(19)18-14(16(20)21)11(3)5-2/h1,6-8,10-11,14,17H,5,9H2,2-3H3,(H,18,19)(H,20,21)/t11-,14-/m0/s1. The van der Waals surface area contributed by atoms with Crippen LogP contribution in [0.5, 0.6) is 0 Å². The topological polar surface area (TPSA) is 113 Å². The normalized spacial score (nSPS) is 13.5. The first-order valence-corrected chi connectivity index (χ1v) is 8.78. The molecule has 7 nitrogen and oxygen atoms in total. The summed E-state index contributed by atoms with van der Waals surface area (Å²) in [6.07, 6.45) is 5.59. The fraction of sp³-hybridized carbons (Fsp3) is 0.375. The van der Waals surface area contributed by atoms with Crippen molar-refractivity contribution in [3.63, 3.8) is 0 Å². The molecule has 24 heavy (non-hydrogen) atoms. The summed E-state index contributed by atoms with van der Waals surface area (Å²) in [5.74, 6) is 0.0883. The van der Waals surface area contributed by atoms with Crippen molar-refractivity contribution in [3.05, 3.63) is 29.8 Å². The Morgan fingerprint density at radius 3 is 2.58 bits per heavy atom. The molecule has 0 heterocycles. The van der Waals surface area contributed by atoms with E-state index in [0.717, 1.165) is 0 Å². The lowest BCUT2D eigenvalue weighted by Gasteiger charge is -2.20. The third kappa shape index (κ3) is 5.08. The summed E-state index contributed by atoms with van der Waals surface area (Å²) in [6, 6.07) is 4.24. The van der Waals surface area contributed by atoms with E-state index in [4.69, 9.17) is 6.42 Å². The van der Waals surface area contributed by atoms with Crippen LogP contribution in [0, 0.1) is 18.3 Å². The molecule has 130 valence electrons. The maximum absolute atomic E-state index is 12.3. The summed E-state index contributed by atoms with van der Waals surface area (Å²) in [4.78, 5) is 23.4. The third-order valence-electron chi connectivity index (χ3n) is 3.54. The largest absolute Gasteiger partial charge is 0.480 e. The number of rotatable bonds is 8. The molecule has 1 amide bonds. The van der Waals surface area contributed by atoms with Gasteiger partial charge in [-0.15, -0.1) is 6.42 Å². The second kappa shape index (κ2) is 8.47. The van der Waals surface area contributed by atoms with E-state index in [9.17, 15) is 23.1 Å². The van der Waals surface area contributed by atoms with Gasteiger partial charge in [0.25, 0.3) is 5.91 Å². The Labute approximate surface area is 141 Å². The zero-order chi connectivity index (χ0) is 18.3. The van der Waals surface area contributed by atoms with Crippen molar-refractivity contribution in [2.24, 2.45) is 5.92 Å². The molecule has 0 saturated carbocycles. The van der Waals surface area contributed by atoms with Gasteiger partial charge in [0, 0.05) is 5.56 Å². The van der Waals surface area contributed by atoms with Crippen molar-refractivity contribution in [2.75, 3.05) is 6.54 Å². The molecule has 0 aliphatic rings. The van der Waals surface area contributed by atoms with Crippen LogP contribution in [0.4, 0.5) is 0 Å². The highest BCUT2D eigenvalue weighted by Crippen LogP contribution is 2.13. The second-order valence-electron chi connectivity index (χ2n) is 5.23. The van der Waals surface area contributed by atoms with Crippen molar-refractivity contribution in [3.8, 4) is 12.3 Å². The minimum Gasteiger partial charge on any atom is -0.480 e. The van der Waals surface area contributed by atoms with E-state index in [1.54, 1.807) is 6.92 Å². The molecule has 1 aromatic rings. The predicted molar refractivity (Wildman–Crippen MR) is 88.8 cm³/mol. The summed E-state index contributed by atoms with van der Waals surface area (Å²) < 4.78 is 26.2. The van der Waals surface area contributed by atoms with Crippen LogP contribution in [0.2, 0.25) is 0 Å². The summed E-state index contributed by atoms with van der Waals surface area (Å²) in [7, 11) is -3.83. The van der Waals surface area contributed by atoms with Crippen LogP contribution in [0.25, 0.3) is 0 Å². The first kappa shape index (κ1) is 19.7. The SMILES string of the molecule is C#CCNS(=O)(=O)c1cccc(C(=O)N[C@H](C(=O)O)[C@@H](C)CC)c1. The number of aliphatic carboxylic acids is 1. The number of hydrogen-bond acceptors (Lipinski definition) is 4. The van der Waals surface area contributed by atoms with Crippen LogP contribution in [-0.2, 0) is 14.8 Å². The molecule has 0 aromatic heterocycles. The molecule has 0 fully saturated rings. The molecule has 0 unspecified atom stereocenters. The van der Waals surface area contributed by atoms with Gasteiger partial charge in [0.05, 0.1) is 11.4 Å². The van der Waals surface area contributed by atoms with E-state index >= 15 is 0 Å². The van der Waals surface area contributed by atoms with E-state index < -0.39 is 27.9 Å². The maximum atomic E-state index is 12.3. The van der Waals surface area contributed by atoms with Crippen LogP contribution in [0.1, 0.15) is 30.6 Å². The molecule has 1 rings (SSSR count). The van der Waals surface area contributed by atoms with E-state index in [-0.39, 0.29) is 22.9 Å². The Kier molecular flexibility index (Phi) is 6.95. The highest BCUT2D eigenvalue weighted by molar-refractivity contribution is 7.89. The van der Waals surface area contributed by atoms with Crippen LogP contribution in [0.15, 0.2) is 29.2 Å². The monoisotopic (exact) mass is 352 g/mol. The van der Waals surface area contributed by atoms with Crippen molar-refractivity contribution in [2.45, 2.75) is 31.2 Å². The summed E-state index contributed by atoms with van der Waals surface area (Å²) >= 11 is 0. The average molecular weight is 352 g/mol. The number of carbonyl (C=O) groups excluding carboxylic acids is 1. The van der Waals surface area contributed by atoms with Crippen molar-refractivity contribution >= 4 is 21.9 Å². The van der Waals surface area contributed by atoms with E-state index in [1.165, 1.54) is 24.3 Å². The van der Waals surface area contributed by atoms with Crippen LogP contribution < -0.4 is 10.0 Å². The molecule has 0 saturated heterocycles. The van der Waals surface area contributed by atoms with Gasteiger partial charge in [-0.25, -0.2) is 13.2 Å². The maximum Gasteiger partial charge on any atom is 0.326 e. The summed E-state index contributed by atoms with van der Waals surface area (Å²) in [5.41, 5.74) is 0.0492. The van der Waals surface area contributed by atoms with Gasteiger partial charge in [0.15, 0.2) is 0 Å². The fourth-order valence-electron chi connectivity index (χ4n) is 1.93. The number of benzene rings is 1. The molecule has 1 aromatic carbocycles. The van der Waals surface area contributed by atoms with Gasteiger partial charge in [-0.1, -0.05) is 32.3 Å². The molecule has 0 spiro atoms. The van der Waals surface area contributed by atoms with Gasteiger partial charge in [0.2, 0.25) is 10.0 Å². The fourth-order valence-corrected chi connectivity index (χ4v) is 2.91. The van der Waals surface area contributed by atoms with Gasteiger partial charge in [-0.3, -0.25) is 4.79 Å². The number of terminal acetylenes is 1. The Hall–Kier alpha value is -2.37. The summed E-state index contributed by atoms with van der Waals surface area (Å²) in [5, 5.41) is 11.6. The predicted octanol–water partition coefficient (Wildman–Crippen LogP) is 0.827. The second-order valence-corrected chi connectivity index (χ2v) is 7.00. The van der Waals surface area contributed by atoms with Crippen LogP contribution in [0.3, 0.4) is 0 Å². The average Bonchev–Trinajstić information content (AvgIpc) is 2.56. The minimum absolute atomic E-state index is 0.0492. The quantitative estimate of drug-likeness (QED) is 0.600. The van der Waals surface area contributed by atoms with Crippen molar-refractivity contribution in [1.82, 2.24) is 10.0 Å². The smallest absolute Gasteiger partial charge is 0.326 e. The first-order valence-electron chi connectivity index (χ1n) is 7.29. The number of amides is 1. The highest BCUT2D eigenvalue weighted by atomic mass is 32.2. The van der Waals surface area contributed by atoms with E-state index in [2.05, 4.69) is 16.0 Å². The number of carboxylic acid groups (broad SMARTS) is 1. The van der Waals surface area contributed by atoms with Crippen LogP contribution in [-0.4, -0.2) is 38.0 Å². The van der Waals surface area contributed by atoms with Gasteiger partial charge in [-0.05, 0) is 24.1 Å². The van der Waals surface area contributed by atoms with Gasteiger partial charge in [-0.2, -0.15) is 4.72 Å². The summed E-state index contributed by atoms with van der Waals surface area (Å²) in [6.45, 7) is 3.36. The molecule has 2 atom stereocenters. The molecular weight excluding hydrogens is 332 g/mol. The van der Waals surface area contributed by atoms with Crippen LogP contribution >= 0.6 is 0 Å². The van der Waals surface area contributed by atoms with E-state index in [0.29, 0.717) is 6.42 Å². The Morgan fingerprint density at radius 1 is 1.38 bits per heavy atom. The zero-order valence-electron chi connectivity index (χ0n) is 13.4. The highest BCUT2D eigenvalue weighted by Gasteiger charge is 2.26. The third-order valence-corrected chi connectivity index (χ3v) is 4.94. The molecule has 0 bridgehead atoms. The lowest BCUT2D eigenvalue weighted by molar-refractivity contribution is -0.140. The van der Waals surface area contributed by atoms with E-state index in [1.807, 2.05) is 6.92 Å². The molecule has 3 N–H and O–H groups in total. The Balaban J connectivity index is 3.03. The van der Waals surface area contributed by atoms with Gasteiger partial charge >= 0.3 is 5.97 Å². The van der Waals surface area contributed by atoms with Crippen molar-refractivity contribution in [1.29, 1.82) is 0 Å². The Bertz CT molecular complexity index is 752. The first-order chi connectivity index (χ1) is 11.2. The number of sulfonamides is 1. The molecule has 0 aliphatic carbocycles. The Morgan fingerprint density at radius 2 is 2.04 bits per heavy atom. The van der Waals surface area contributed by atoms with Gasteiger partial charge in [0.1, 0.15) is 6.04 Å². The number of carbonyl (C=O) groups is 2. The molecule has 0 aliphatic heterocycles. The lowest BCUT2D eigenvalue weighted by Crippen LogP contribution is -2.45. The number of carboxylic acids is 1. The van der Waals surface area contributed by atoms with Gasteiger partial charge < -0.3 is 10.4 Å². The zero-order valence-corrected chi connectivity index (χ0v) is 14.3. The molecular formula is C16H20N2O5S. The lowest BCUT2D eigenvalue weighted by atomic mass is 9.99. The minimum atomic E-state index is -3.83. The molecule has 0 radical (unpaired) electrons. The molecule has 8 heteroatoms. The number of nitrogens with one attached hydrogen (secondary N) is 2.